The molecule has 0 unspecified atom stereocenters. The molecular weight excluding hydrogens is 476 g/mol. The normalized spacial score (nSPS) is 11.9. The van der Waals surface area contributed by atoms with Crippen molar-refractivity contribution in [3.63, 3.8) is 0 Å². The Morgan fingerprint density at radius 2 is 1.50 bits per heavy atom. The van der Waals surface area contributed by atoms with Crippen LogP contribution in [0.1, 0.15) is 31.9 Å². The van der Waals surface area contributed by atoms with Gasteiger partial charge in [-0.1, -0.05) is 66.2 Å². The van der Waals surface area contributed by atoms with Gasteiger partial charge in [-0.05, 0) is 56.2 Å². The zero-order valence-corrected chi connectivity index (χ0v) is 21.9. The second-order valence-corrected chi connectivity index (χ2v) is 9.97. The first kappa shape index (κ1) is 27.1. The van der Waals surface area contributed by atoms with Crippen LogP contribution in [0, 0.1) is 0 Å². The van der Waals surface area contributed by atoms with Crippen LogP contribution in [0.15, 0.2) is 78.9 Å². The number of amides is 2. The van der Waals surface area contributed by atoms with E-state index in [1.54, 1.807) is 36.3 Å². The number of hydrogen-bond donors (Lipinski definition) is 1. The van der Waals surface area contributed by atoms with E-state index in [0.717, 1.165) is 11.1 Å². The first-order chi connectivity index (χ1) is 17.2. The first-order valence-electron chi connectivity index (χ1n) is 11.8. The summed E-state index contributed by atoms with van der Waals surface area (Å²) in [5, 5.41) is 3.65. The lowest BCUT2D eigenvalue weighted by atomic mass is 10.0. The van der Waals surface area contributed by atoms with E-state index in [9.17, 15) is 9.59 Å². The molecule has 3 aromatic rings. The molecule has 0 spiro atoms. The van der Waals surface area contributed by atoms with Crippen molar-refractivity contribution >= 4 is 23.4 Å². The molecular formula is C29H33ClN2O4. The highest BCUT2D eigenvalue weighted by atomic mass is 35.5. The molecule has 36 heavy (non-hydrogen) atoms. The molecule has 1 N–H and O–H groups in total. The maximum Gasteiger partial charge on any atom is 0.261 e. The lowest BCUT2D eigenvalue weighted by Crippen LogP contribution is -2.55. The van der Waals surface area contributed by atoms with Gasteiger partial charge in [-0.2, -0.15) is 0 Å². The number of benzene rings is 3. The van der Waals surface area contributed by atoms with Crippen LogP contribution < -0.4 is 14.8 Å². The highest BCUT2D eigenvalue weighted by Gasteiger charge is 2.32. The number of ether oxygens (including phenoxy) is 2. The number of halogens is 1. The van der Waals surface area contributed by atoms with E-state index in [-0.39, 0.29) is 25.0 Å². The zero-order valence-electron chi connectivity index (χ0n) is 21.2. The van der Waals surface area contributed by atoms with E-state index in [0.29, 0.717) is 22.9 Å². The van der Waals surface area contributed by atoms with Crippen molar-refractivity contribution in [3.05, 3.63) is 95.0 Å². The van der Waals surface area contributed by atoms with E-state index in [1.165, 1.54) is 0 Å². The highest BCUT2D eigenvalue weighted by Crippen LogP contribution is 2.26. The average molecular weight is 509 g/mol. The molecule has 0 aliphatic rings. The first-order valence-corrected chi connectivity index (χ1v) is 12.2. The fraction of sp³-hybridized carbons (Fsp3) is 0.310. The smallest absolute Gasteiger partial charge is 0.261 e. The summed E-state index contributed by atoms with van der Waals surface area (Å²) in [6.07, 6.45) is 0.358. The number of carbonyl (C=O) groups excluding carboxylic acids is 2. The van der Waals surface area contributed by atoms with Crippen molar-refractivity contribution in [2.24, 2.45) is 0 Å². The van der Waals surface area contributed by atoms with Crippen molar-refractivity contribution < 1.29 is 19.1 Å². The monoisotopic (exact) mass is 508 g/mol. The molecule has 0 saturated carbocycles. The van der Waals surface area contributed by atoms with Crippen molar-refractivity contribution in [1.29, 1.82) is 0 Å². The van der Waals surface area contributed by atoms with Crippen LogP contribution in [0.4, 0.5) is 0 Å². The third kappa shape index (κ3) is 8.02. The van der Waals surface area contributed by atoms with Crippen LogP contribution in [-0.4, -0.2) is 42.0 Å². The Morgan fingerprint density at radius 1 is 0.889 bits per heavy atom. The van der Waals surface area contributed by atoms with E-state index in [1.807, 2.05) is 75.4 Å². The fourth-order valence-corrected chi connectivity index (χ4v) is 3.88. The predicted octanol–water partition coefficient (Wildman–Crippen LogP) is 5.28. The summed E-state index contributed by atoms with van der Waals surface area (Å²) < 4.78 is 11.2. The second-order valence-electron chi connectivity index (χ2n) is 9.53. The lowest BCUT2D eigenvalue weighted by molar-refractivity contribution is -0.143. The van der Waals surface area contributed by atoms with Crippen molar-refractivity contribution in [2.75, 3.05) is 13.7 Å². The van der Waals surface area contributed by atoms with Crippen LogP contribution in [0.3, 0.4) is 0 Å². The predicted molar refractivity (Wildman–Crippen MR) is 142 cm³/mol. The molecule has 7 heteroatoms. The average Bonchev–Trinajstić information content (AvgIpc) is 2.85. The molecule has 0 fully saturated rings. The third-order valence-electron chi connectivity index (χ3n) is 5.46. The quantitative estimate of drug-likeness (QED) is 0.404. The van der Waals surface area contributed by atoms with Crippen molar-refractivity contribution in [1.82, 2.24) is 10.2 Å². The van der Waals surface area contributed by atoms with Gasteiger partial charge in [0.15, 0.2) is 18.1 Å². The summed E-state index contributed by atoms with van der Waals surface area (Å²) in [7, 11) is 1.55. The Kier molecular flexibility index (Phi) is 9.37. The molecule has 1 atom stereocenters. The Bertz CT molecular complexity index is 1140. The van der Waals surface area contributed by atoms with Crippen LogP contribution in [0.2, 0.25) is 5.02 Å². The minimum absolute atomic E-state index is 0.223. The minimum atomic E-state index is -0.754. The SMILES string of the molecule is COc1ccccc1OCC(=O)N(Cc1ccc(Cl)cc1)[C@H](Cc1ccccc1)C(=O)NC(C)(C)C. The number of hydrogen-bond acceptors (Lipinski definition) is 4. The lowest BCUT2D eigenvalue weighted by Gasteiger charge is -2.33. The van der Waals surface area contributed by atoms with Crippen LogP contribution >= 0.6 is 11.6 Å². The van der Waals surface area contributed by atoms with E-state index in [4.69, 9.17) is 21.1 Å². The van der Waals surface area contributed by atoms with Crippen LogP contribution in [0.25, 0.3) is 0 Å². The highest BCUT2D eigenvalue weighted by molar-refractivity contribution is 6.30. The molecule has 2 amide bonds. The van der Waals surface area contributed by atoms with E-state index < -0.39 is 11.6 Å². The molecule has 0 radical (unpaired) electrons. The molecule has 0 aliphatic heterocycles. The summed E-state index contributed by atoms with van der Waals surface area (Å²) in [6.45, 7) is 5.73. The van der Waals surface area contributed by atoms with Gasteiger partial charge >= 0.3 is 0 Å². The Balaban J connectivity index is 1.93. The number of nitrogens with one attached hydrogen (secondary N) is 1. The number of methoxy groups -OCH3 is 1. The second kappa shape index (κ2) is 12.5. The molecule has 190 valence electrons. The van der Waals surface area contributed by atoms with Crippen molar-refractivity contribution in [2.45, 2.75) is 45.3 Å². The molecule has 3 rings (SSSR count). The van der Waals surface area contributed by atoms with Gasteiger partial charge in [-0.15, -0.1) is 0 Å². The molecule has 3 aromatic carbocycles. The Morgan fingerprint density at radius 3 is 2.11 bits per heavy atom. The number of carbonyl (C=O) groups is 2. The molecule has 0 saturated heterocycles. The van der Waals surface area contributed by atoms with Gasteiger partial charge in [0.1, 0.15) is 6.04 Å². The summed E-state index contributed by atoms with van der Waals surface area (Å²) >= 11 is 6.07. The molecule has 0 aromatic heterocycles. The van der Waals surface area contributed by atoms with Gasteiger partial charge in [-0.25, -0.2) is 0 Å². The summed E-state index contributed by atoms with van der Waals surface area (Å²) in [5.74, 6) is 0.436. The molecule has 0 aliphatic carbocycles. The largest absolute Gasteiger partial charge is 0.493 e. The van der Waals surface area contributed by atoms with Gasteiger partial charge in [0.2, 0.25) is 5.91 Å². The van der Waals surface area contributed by atoms with Crippen LogP contribution in [-0.2, 0) is 22.6 Å². The van der Waals surface area contributed by atoms with Gasteiger partial charge in [0.25, 0.3) is 5.91 Å². The number of rotatable bonds is 10. The van der Waals surface area contributed by atoms with E-state index in [2.05, 4.69) is 5.32 Å². The van der Waals surface area contributed by atoms with Crippen molar-refractivity contribution in [3.8, 4) is 11.5 Å². The molecule has 0 bridgehead atoms. The van der Waals surface area contributed by atoms with Gasteiger partial charge in [-0.3, -0.25) is 9.59 Å². The van der Waals surface area contributed by atoms with Crippen LogP contribution in [0.5, 0.6) is 11.5 Å². The van der Waals surface area contributed by atoms with Gasteiger partial charge in [0, 0.05) is 23.5 Å². The maximum atomic E-state index is 13.6. The summed E-state index contributed by atoms with van der Waals surface area (Å²) in [6, 6.07) is 23.3. The topological polar surface area (TPSA) is 67.9 Å². The molecule has 6 nitrogen and oxygen atoms in total. The van der Waals surface area contributed by atoms with Gasteiger partial charge in [0.05, 0.1) is 7.11 Å². The maximum absolute atomic E-state index is 13.6. The Labute approximate surface area is 218 Å². The third-order valence-corrected chi connectivity index (χ3v) is 5.71. The van der Waals surface area contributed by atoms with E-state index >= 15 is 0 Å². The number of para-hydroxylation sites is 2. The summed E-state index contributed by atoms with van der Waals surface area (Å²) in [4.78, 5) is 28.8. The standard InChI is InChI=1S/C29H33ClN2O4/c1-29(2,3)31-28(34)24(18-21-10-6-5-7-11-21)32(19-22-14-16-23(30)17-15-22)27(33)20-36-26-13-9-8-12-25(26)35-4/h5-17,24H,18-20H2,1-4H3,(H,31,34)/t24-/m1/s1. The molecule has 0 heterocycles. The zero-order chi connectivity index (χ0) is 26.1. The fourth-order valence-electron chi connectivity index (χ4n) is 3.75. The Hall–Kier alpha value is -3.51. The minimum Gasteiger partial charge on any atom is -0.493 e. The van der Waals surface area contributed by atoms with Gasteiger partial charge < -0.3 is 19.7 Å². The number of nitrogens with zero attached hydrogens (tertiary/aromatic N) is 1. The summed E-state index contributed by atoms with van der Waals surface area (Å²) in [5.41, 5.74) is 1.34.